The highest BCUT2D eigenvalue weighted by Crippen LogP contribution is 2.42. The first kappa shape index (κ1) is 20.3. The number of hydrogen-bond donors (Lipinski definition) is 2. The highest BCUT2D eigenvalue weighted by atomic mass is 32.1. The van der Waals surface area contributed by atoms with Gasteiger partial charge in [-0.1, -0.05) is 36.6 Å². The number of phenols is 2. The molecule has 3 heteroatoms. The van der Waals surface area contributed by atoms with E-state index < -0.39 is 0 Å². The zero-order chi connectivity index (χ0) is 19.1. The molecule has 0 saturated heterocycles. The van der Waals surface area contributed by atoms with Crippen LogP contribution in [0, 0.1) is 0 Å². The van der Waals surface area contributed by atoms with Crippen LogP contribution >= 0.6 is 11.3 Å². The molecule has 0 saturated carbocycles. The van der Waals surface area contributed by atoms with Crippen LogP contribution in [0.1, 0.15) is 58.1 Å². The SMILES string of the molecule is CCCc1cc(O)c(CC=C(C)CCC=C(C)C)c(O)c1-c1ccsc1. The Kier molecular flexibility index (Phi) is 7.52. The topological polar surface area (TPSA) is 40.5 Å². The summed E-state index contributed by atoms with van der Waals surface area (Å²) < 4.78 is 0. The fourth-order valence-electron chi connectivity index (χ4n) is 3.11. The lowest BCUT2D eigenvalue weighted by Crippen LogP contribution is -1.95. The predicted molar refractivity (Wildman–Crippen MR) is 113 cm³/mol. The molecule has 0 aliphatic rings. The Labute approximate surface area is 161 Å². The first-order valence-electron chi connectivity index (χ1n) is 9.32. The van der Waals surface area contributed by atoms with Crippen molar-refractivity contribution in [1.82, 2.24) is 0 Å². The monoisotopic (exact) mass is 370 g/mol. The number of aryl methyl sites for hydroxylation is 1. The minimum Gasteiger partial charge on any atom is -0.508 e. The van der Waals surface area contributed by atoms with E-state index in [0.29, 0.717) is 12.0 Å². The number of thiophene rings is 1. The van der Waals surface area contributed by atoms with Crippen molar-refractivity contribution in [2.24, 2.45) is 0 Å². The molecular formula is C23H30O2S. The lowest BCUT2D eigenvalue weighted by atomic mass is 9.92. The molecule has 2 rings (SSSR count). The zero-order valence-corrected chi connectivity index (χ0v) is 17.1. The molecule has 0 aliphatic heterocycles. The molecule has 0 fully saturated rings. The summed E-state index contributed by atoms with van der Waals surface area (Å²) in [5.41, 5.74) is 6.13. The van der Waals surface area contributed by atoms with E-state index in [9.17, 15) is 10.2 Å². The molecule has 0 unspecified atom stereocenters. The van der Waals surface area contributed by atoms with Gasteiger partial charge in [-0.25, -0.2) is 0 Å². The normalized spacial score (nSPS) is 11.6. The zero-order valence-electron chi connectivity index (χ0n) is 16.3. The third kappa shape index (κ3) is 5.25. The summed E-state index contributed by atoms with van der Waals surface area (Å²) in [4.78, 5) is 0. The maximum Gasteiger partial charge on any atom is 0.130 e. The first-order chi connectivity index (χ1) is 12.4. The molecule has 2 N–H and O–H groups in total. The van der Waals surface area contributed by atoms with Gasteiger partial charge in [0.25, 0.3) is 0 Å². The van der Waals surface area contributed by atoms with Gasteiger partial charge in [-0.3, -0.25) is 0 Å². The largest absolute Gasteiger partial charge is 0.508 e. The molecule has 2 aromatic rings. The number of benzene rings is 1. The van der Waals surface area contributed by atoms with Gasteiger partial charge in [0.05, 0.1) is 0 Å². The highest BCUT2D eigenvalue weighted by Gasteiger charge is 2.18. The molecule has 140 valence electrons. The maximum absolute atomic E-state index is 10.9. The van der Waals surface area contributed by atoms with Gasteiger partial charge in [-0.15, -0.1) is 0 Å². The van der Waals surface area contributed by atoms with Crippen LogP contribution in [0.15, 0.2) is 46.2 Å². The van der Waals surface area contributed by atoms with Gasteiger partial charge in [0, 0.05) is 11.1 Å². The minimum absolute atomic E-state index is 0.193. The van der Waals surface area contributed by atoms with Crippen molar-refractivity contribution in [3.05, 3.63) is 57.3 Å². The van der Waals surface area contributed by atoms with Crippen molar-refractivity contribution < 1.29 is 10.2 Å². The van der Waals surface area contributed by atoms with Crippen molar-refractivity contribution in [2.75, 3.05) is 0 Å². The van der Waals surface area contributed by atoms with Gasteiger partial charge in [0.15, 0.2) is 0 Å². The molecule has 0 spiro atoms. The molecule has 26 heavy (non-hydrogen) atoms. The fraction of sp³-hybridized carbons (Fsp3) is 0.391. The second-order valence-electron chi connectivity index (χ2n) is 7.09. The fourth-order valence-corrected chi connectivity index (χ4v) is 3.76. The predicted octanol–water partition coefficient (Wildman–Crippen LogP) is 7.01. The summed E-state index contributed by atoms with van der Waals surface area (Å²) in [6.07, 6.45) is 8.73. The van der Waals surface area contributed by atoms with E-state index in [1.54, 1.807) is 11.3 Å². The minimum atomic E-state index is 0.193. The number of phenolic OH excluding ortho intramolecular Hbond substituents is 2. The smallest absolute Gasteiger partial charge is 0.130 e. The highest BCUT2D eigenvalue weighted by molar-refractivity contribution is 7.08. The number of allylic oxidation sites excluding steroid dienone is 4. The van der Waals surface area contributed by atoms with Gasteiger partial charge in [-0.2, -0.15) is 11.3 Å². The summed E-state index contributed by atoms with van der Waals surface area (Å²) in [6.45, 7) is 8.44. The van der Waals surface area contributed by atoms with Crippen molar-refractivity contribution in [2.45, 2.75) is 59.8 Å². The van der Waals surface area contributed by atoms with E-state index >= 15 is 0 Å². The van der Waals surface area contributed by atoms with Gasteiger partial charge >= 0.3 is 0 Å². The second kappa shape index (κ2) is 9.63. The Morgan fingerprint density at radius 3 is 2.54 bits per heavy atom. The standard InChI is InChI=1S/C23H30O2S/c1-5-7-18-14-21(24)20(11-10-17(4)9-6-8-16(2)3)23(25)22(18)19-12-13-26-15-19/h8,10,12-15,24-25H,5-7,9,11H2,1-4H3. The van der Waals surface area contributed by atoms with E-state index in [2.05, 4.69) is 45.2 Å². The van der Waals surface area contributed by atoms with Crippen LogP contribution in [-0.4, -0.2) is 10.2 Å². The summed E-state index contributed by atoms with van der Waals surface area (Å²) in [7, 11) is 0. The average Bonchev–Trinajstić information content (AvgIpc) is 3.08. The summed E-state index contributed by atoms with van der Waals surface area (Å²) in [6, 6.07) is 3.86. The molecule has 1 aromatic heterocycles. The average molecular weight is 371 g/mol. The Morgan fingerprint density at radius 2 is 1.92 bits per heavy atom. The summed E-state index contributed by atoms with van der Waals surface area (Å²) >= 11 is 1.62. The Bertz CT molecular complexity index is 779. The van der Waals surface area contributed by atoms with Crippen molar-refractivity contribution in [3.63, 3.8) is 0 Å². The van der Waals surface area contributed by atoms with Gasteiger partial charge < -0.3 is 10.2 Å². The van der Waals surface area contributed by atoms with E-state index in [0.717, 1.165) is 42.4 Å². The third-order valence-corrected chi connectivity index (χ3v) is 5.22. The second-order valence-corrected chi connectivity index (χ2v) is 7.87. The number of hydrogen-bond acceptors (Lipinski definition) is 3. The van der Waals surface area contributed by atoms with Crippen LogP contribution in [-0.2, 0) is 12.8 Å². The van der Waals surface area contributed by atoms with Crippen LogP contribution in [0.2, 0.25) is 0 Å². The van der Waals surface area contributed by atoms with E-state index in [1.807, 2.05) is 17.5 Å². The van der Waals surface area contributed by atoms with Gasteiger partial charge in [-0.05, 0) is 80.5 Å². The lowest BCUT2D eigenvalue weighted by Gasteiger charge is -2.15. The van der Waals surface area contributed by atoms with Crippen LogP contribution < -0.4 is 0 Å². The molecule has 1 heterocycles. The third-order valence-electron chi connectivity index (χ3n) is 4.54. The number of aromatic hydroxyl groups is 2. The molecule has 0 radical (unpaired) electrons. The Morgan fingerprint density at radius 1 is 1.15 bits per heavy atom. The van der Waals surface area contributed by atoms with Gasteiger partial charge in [0.1, 0.15) is 11.5 Å². The summed E-state index contributed by atoms with van der Waals surface area (Å²) in [5, 5.41) is 25.5. The molecule has 0 atom stereocenters. The lowest BCUT2D eigenvalue weighted by molar-refractivity contribution is 0.441. The first-order valence-corrected chi connectivity index (χ1v) is 10.3. The van der Waals surface area contributed by atoms with Crippen LogP contribution in [0.5, 0.6) is 11.5 Å². The Hall–Kier alpha value is -2.00. The Balaban J connectivity index is 2.31. The van der Waals surface area contributed by atoms with Crippen molar-refractivity contribution >= 4 is 11.3 Å². The quantitative estimate of drug-likeness (QED) is 0.490. The van der Waals surface area contributed by atoms with Crippen molar-refractivity contribution in [1.29, 1.82) is 0 Å². The molecular weight excluding hydrogens is 340 g/mol. The van der Waals surface area contributed by atoms with Crippen LogP contribution in [0.3, 0.4) is 0 Å². The van der Waals surface area contributed by atoms with Gasteiger partial charge in [0.2, 0.25) is 0 Å². The van der Waals surface area contributed by atoms with E-state index in [4.69, 9.17) is 0 Å². The number of rotatable bonds is 8. The maximum atomic E-state index is 10.9. The molecule has 0 bridgehead atoms. The summed E-state index contributed by atoms with van der Waals surface area (Å²) in [5.74, 6) is 0.415. The van der Waals surface area contributed by atoms with E-state index in [1.165, 1.54) is 11.1 Å². The molecule has 2 nitrogen and oxygen atoms in total. The van der Waals surface area contributed by atoms with Crippen molar-refractivity contribution in [3.8, 4) is 22.6 Å². The van der Waals surface area contributed by atoms with Crippen LogP contribution in [0.4, 0.5) is 0 Å². The molecule has 0 aliphatic carbocycles. The molecule has 0 amide bonds. The molecule has 1 aromatic carbocycles. The van der Waals surface area contributed by atoms with Crippen LogP contribution in [0.25, 0.3) is 11.1 Å². The van der Waals surface area contributed by atoms with E-state index in [-0.39, 0.29) is 11.5 Å².